The third-order valence-corrected chi connectivity index (χ3v) is 4.86. The van der Waals surface area contributed by atoms with Crippen LogP contribution >= 0.6 is 0 Å². The lowest BCUT2D eigenvalue weighted by molar-refractivity contribution is 0.0485. The molecule has 1 unspecified atom stereocenters. The second-order valence-electron chi connectivity index (χ2n) is 9.16. The molecular weight excluding hydrogens is 406 g/mol. The molecular formula is C24H41N5O3. The first kappa shape index (κ1) is 27.3. The Morgan fingerprint density at radius 2 is 1.75 bits per heavy atom. The average molecular weight is 448 g/mol. The smallest absolute Gasteiger partial charge is 0.407 e. The van der Waals surface area contributed by atoms with E-state index in [2.05, 4.69) is 34.8 Å². The summed E-state index contributed by atoms with van der Waals surface area (Å²) in [5.41, 5.74) is 1.18. The zero-order valence-electron chi connectivity index (χ0n) is 20.9. The van der Waals surface area contributed by atoms with Gasteiger partial charge in [0.05, 0.1) is 0 Å². The maximum Gasteiger partial charge on any atom is 0.407 e. The maximum absolute atomic E-state index is 12.2. The van der Waals surface area contributed by atoms with Crippen molar-refractivity contribution in [3.05, 3.63) is 35.4 Å². The predicted molar refractivity (Wildman–Crippen MR) is 130 cm³/mol. The zero-order valence-corrected chi connectivity index (χ0v) is 20.9. The number of carbonyl (C=O) groups is 2. The fourth-order valence-electron chi connectivity index (χ4n) is 3.07. The Hall–Kier alpha value is -2.77. The normalized spacial score (nSPS) is 12.8. The van der Waals surface area contributed by atoms with E-state index in [1.807, 2.05) is 63.9 Å². The first-order chi connectivity index (χ1) is 15.0. The molecule has 1 aromatic rings. The molecule has 0 aliphatic heterocycles. The Balaban J connectivity index is 2.59. The lowest BCUT2D eigenvalue weighted by Crippen LogP contribution is -2.45. The Morgan fingerprint density at radius 1 is 1.12 bits per heavy atom. The largest absolute Gasteiger partial charge is 0.444 e. The number of guanidine groups is 1. The maximum atomic E-state index is 12.2. The molecule has 0 radical (unpaired) electrons. The molecule has 0 aliphatic rings. The molecule has 0 aliphatic carbocycles. The minimum Gasteiger partial charge on any atom is -0.444 e. The van der Waals surface area contributed by atoms with Crippen LogP contribution in [0.4, 0.5) is 4.79 Å². The molecule has 2 amide bonds. The van der Waals surface area contributed by atoms with Gasteiger partial charge in [-0.2, -0.15) is 0 Å². The standard InChI is InChI=1S/C24H41N5O3/c1-9-26-21(30)19-12-10-18(11-13-19)16-27-22(25-7)29(8)15-14-20(17(2)3)28-23(31)32-24(4,5)6/h10-13,17,20H,9,14-16H2,1-8H3,(H,25,27)(H,26,30)(H,28,31). The molecule has 0 fully saturated rings. The molecule has 1 aromatic carbocycles. The van der Waals surface area contributed by atoms with Crippen LogP contribution in [-0.2, 0) is 11.3 Å². The quantitative estimate of drug-likeness (QED) is 0.398. The molecule has 3 N–H and O–H groups in total. The number of carbonyl (C=O) groups excluding carboxylic acids is 2. The van der Waals surface area contributed by atoms with Crippen molar-refractivity contribution in [3.8, 4) is 0 Å². The van der Waals surface area contributed by atoms with Crippen molar-refractivity contribution in [1.82, 2.24) is 20.9 Å². The summed E-state index contributed by atoms with van der Waals surface area (Å²) in [4.78, 5) is 30.4. The van der Waals surface area contributed by atoms with Gasteiger partial charge in [-0.15, -0.1) is 0 Å². The predicted octanol–water partition coefficient (Wildman–Crippen LogP) is 3.38. The van der Waals surface area contributed by atoms with Gasteiger partial charge in [-0.1, -0.05) is 26.0 Å². The number of ether oxygens (including phenoxy) is 1. The summed E-state index contributed by atoms with van der Waals surface area (Å²) in [5, 5.41) is 9.13. The van der Waals surface area contributed by atoms with E-state index >= 15 is 0 Å². The zero-order chi connectivity index (χ0) is 24.3. The third kappa shape index (κ3) is 10.0. The number of alkyl carbamates (subject to hydrolysis) is 1. The van der Waals surface area contributed by atoms with Gasteiger partial charge in [0.1, 0.15) is 5.60 Å². The molecule has 0 saturated carbocycles. The summed E-state index contributed by atoms with van der Waals surface area (Å²) in [6.45, 7) is 13.5. The van der Waals surface area contributed by atoms with Gasteiger partial charge in [0.25, 0.3) is 5.91 Å². The van der Waals surface area contributed by atoms with Gasteiger partial charge in [0.2, 0.25) is 0 Å². The lowest BCUT2D eigenvalue weighted by atomic mass is 10.0. The highest BCUT2D eigenvalue weighted by atomic mass is 16.6. The van der Waals surface area contributed by atoms with Crippen molar-refractivity contribution in [2.24, 2.45) is 10.9 Å². The Morgan fingerprint density at radius 3 is 2.25 bits per heavy atom. The van der Waals surface area contributed by atoms with Gasteiger partial charge < -0.3 is 25.6 Å². The highest BCUT2D eigenvalue weighted by Gasteiger charge is 2.22. The van der Waals surface area contributed by atoms with E-state index < -0.39 is 11.7 Å². The second-order valence-corrected chi connectivity index (χ2v) is 9.16. The molecule has 180 valence electrons. The van der Waals surface area contributed by atoms with Gasteiger partial charge in [-0.3, -0.25) is 9.79 Å². The molecule has 1 rings (SSSR count). The SMILES string of the molecule is CCNC(=O)c1ccc(CNC(=NC)N(C)CCC(NC(=O)OC(C)(C)C)C(C)C)cc1. The number of nitrogens with zero attached hydrogens (tertiary/aromatic N) is 2. The van der Waals surface area contributed by atoms with Crippen LogP contribution in [0.15, 0.2) is 29.3 Å². The Bertz CT molecular complexity index is 754. The Kier molecular flexibility index (Phi) is 11.0. The van der Waals surface area contributed by atoms with Crippen LogP contribution in [0.5, 0.6) is 0 Å². The molecule has 1 atom stereocenters. The number of nitrogens with one attached hydrogen (secondary N) is 3. The summed E-state index contributed by atoms with van der Waals surface area (Å²) in [6, 6.07) is 7.51. The van der Waals surface area contributed by atoms with E-state index in [0.717, 1.165) is 17.9 Å². The van der Waals surface area contributed by atoms with Crippen LogP contribution in [0, 0.1) is 5.92 Å². The fourth-order valence-corrected chi connectivity index (χ4v) is 3.07. The number of hydrogen-bond acceptors (Lipinski definition) is 4. The Labute approximate surface area is 193 Å². The molecule has 32 heavy (non-hydrogen) atoms. The second kappa shape index (κ2) is 12.9. The van der Waals surface area contributed by atoms with E-state index in [4.69, 9.17) is 4.74 Å². The van der Waals surface area contributed by atoms with Crippen molar-refractivity contribution in [3.63, 3.8) is 0 Å². The fraction of sp³-hybridized carbons (Fsp3) is 0.625. The molecule has 0 aromatic heterocycles. The number of aliphatic imine (C=N–C) groups is 1. The van der Waals surface area contributed by atoms with Gasteiger partial charge in [-0.05, 0) is 57.7 Å². The molecule has 8 nitrogen and oxygen atoms in total. The average Bonchev–Trinajstić information content (AvgIpc) is 2.70. The van der Waals surface area contributed by atoms with Crippen LogP contribution in [0.1, 0.15) is 63.9 Å². The lowest BCUT2D eigenvalue weighted by Gasteiger charge is -2.28. The first-order valence-corrected chi connectivity index (χ1v) is 11.2. The van der Waals surface area contributed by atoms with Gasteiger partial charge in [-0.25, -0.2) is 4.79 Å². The van der Waals surface area contributed by atoms with Crippen LogP contribution in [-0.4, -0.2) is 61.7 Å². The topological polar surface area (TPSA) is 95.1 Å². The van der Waals surface area contributed by atoms with Crippen molar-refractivity contribution < 1.29 is 14.3 Å². The minimum atomic E-state index is -0.521. The van der Waals surface area contributed by atoms with Crippen molar-refractivity contribution >= 4 is 18.0 Å². The van der Waals surface area contributed by atoms with Gasteiger partial charge >= 0.3 is 6.09 Å². The molecule has 8 heteroatoms. The minimum absolute atomic E-state index is 0.00721. The van der Waals surface area contributed by atoms with E-state index in [1.165, 1.54) is 0 Å². The van der Waals surface area contributed by atoms with Crippen molar-refractivity contribution in [2.75, 3.05) is 27.2 Å². The molecule has 0 saturated heterocycles. The highest BCUT2D eigenvalue weighted by molar-refractivity contribution is 5.94. The van der Waals surface area contributed by atoms with E-state index in [9.17, 15) is 9.59 Å². The summed E-state index contributed by atoms with van der Waals surface area (Å²) in [6.07, 6.45) is 0.368. The van der Waals surface area contributed by atoms with Gasteiger partial charge in [0.15, 0.2) is 5.96 Å². The third-order valence-electron chi connectivity index (χ3n) is 4.86. The monoisotopic (exact) mass is 447 g/mol. The van der Waals surface area contributed by atoms with Gasteiger partial charge in [0, 0.05) is 45.3 Å². The number of rotatable bonds is 9. The number of benzene rings is 1. The summed E-state index contributed by atoms with van der Waals surface area (Å²) in [5.74, 6) is 0.967. The van der Waals surface area contributed by atoms with E-state index in [-0.39, 0.29) is 17.9 Å². The summed E-state index contributed by atoms with van der Waals surface area (Å²) in [7, 11) is 3.72. The number of amides is 2. The van der Waals surface area contributed by atoms with Crippen LogP contribution in [0.3, 0.4) is 0 Å². The van der Waals surface area contributed by atoms with Crippen molar-refractivity contribution in [1.29, 1.82) is 0 Å². The molecule has 0 spiro atoms. The highest BCUT2D eigenvalue weighted by Crippen LogP contribution is 2.11. The van der Waals surface area contributed by atoms with Crippen LogP contribution in [0.25, 0.3) is 0 Å². The van der Waals surface area contributed by atoms with Crippen LogP contribution < -0.4 is 16.0 Å². The van der Waals surface area contributed by atoms with Crippen LogP contribution in [0.2, 0.25) is 0 Å². The summed E-state index contributed by atoms with van der Waals surface area (Å²) < 4.78 is 5.39. The number of hydrogen-bond donors (Lipinski definition) is 3. The van der Waals surface area contributed by atoms with E-state index in [0.29, 0.717) is 25.2 Å². The first-order valence-electron chi connectivity index (χ1n) is 11.2. The van der Waals surface area contributed by atoms with E-state index in [1.54, 1.807) is 7.05 Å². The molecule has 0 heterocycles. The molecule has 0 bridgehead atoms. The van der Waals surface area contributed by atoms with Crippen molar-refractivity contribution in [2.45, 2.75) is 66.2 Å². The summed E-state index contributed by atoms with van der Waals surface area (Å²) >= 11 is 0.